The van der Waals surface area contributed by atoms with Crippen molar-refractivity contribution < 1.29 is 14.3 Å². The van der Waals surface area contributed by atoms with Crippen LogP contribution in [0.2, 0.25) is 0 Å². The lowest BCUT2D eigenvalue weighted by Gasteiger charge is -2.38. The molecule has 0 bridgehead atoms. The van der Waals surface area contributed by atoms with E-state index in [1.54, 1.807) is 6.92 Å². The van der Waals surface area contributed by atoms with Crippen LogP contribution in [0, 0.1) is 5.92 Å². The summed E-state index contributed by atoms with van der Waals surface area (Å²) in [5.74, 6) is 0.646. The Morgan fingerprint density at radius 2 is 2.00 bits per heavy atom. The molecule has 1 fully saturated rings. The van der Waals surface area contributed by atoms with Gasteiger partial charge in [0, 0.05) is 19.5 Å². The van der Waals surface area contributed by atoms with Gasteiger partial charge < -0.3 is 15.0 Å². The standard InChI is InChI=1S/C15H28N2O3/c1-4-7-8-12-9-13(16-15(19)20-6-3)11-17(10-12)14(18)5-2/h12-13H,4-11H2,1-3H3,(H,16,19). The number of carbonyl (C=O) groups is 2. The molecule has 1 aliphatic heterocycles. The third-order valence-electron chi connectivity index (χ3n) is 3.76. The maximum Gasteiger partial charge on any atom is 0.407 e. The van der Waals surface area contributed by atoms with Gasteiger partial charge in [-0.15, -0.1) is 0 Å². The molecule has 2 amide bonds. The summed E-state index contributed by atoms with van der Waals surface area (Å²) in [6.07, 6.45) is 4.53. The molecule has 1 N–H and O–H groups in total. The number of unbranched alkanes of at least 4 members (excludes halogenated alkanes) is 1. The molecule has 0 aromatic heterocycles. The minimum atomic E-state index is -0.377. The van der Waals surface area contributed by atoms with Gasteiger partial charge in [-0.05, 0) is 25.7 Å². The molecule has 116 valence electrons. The Morgan fingerprint density at radius 3 is 2.60 bits per heavy atom. The monoisotopic (exact) mass is 284 g/mol. The molecule has 0 spiro atoms. The fourth-order valence-electron chi connectivity index (χ4n) is 2.78. The molecule has 0 saturated carbocycles. The van der Waals surface area contributed by atoms with E-state index in [1.807, 2.05) is 11.8 Å². The van der Waals surface area contributed by atoms with E-state index in [4.69, 9.17) is 4.74 Å². The summed E-state index contributed by atoms with van der Waals surface area (Å²) in [6.45, 7) is 7.65. The zero-order valence-electron chi connectivity index (χ0n) is 13.0. The van der Waals surface area contributed by atoms with Crippen LogP contribution in [0.5, 0.6) is 0 Å². The Kier molecular flexibility index (Phi) is 7.41. The van der Waals surface area contributed by atoms with Crippen molar-refractivity contribution in [1.82, 2.24) is 10.2 Å². The predicted molar refractivity (Wildman–Crippen MR) is 78.4 cm³/mol. The second-order valence-corrected chi connectivity index (χ2v) is 5.46. The minimum absolute atomic E-state index is 0.0140. The number of amides is 2. The molecule has 5 heteroatoms. The van der Waals surface area contributed by atoms with Gasteiger partial charge in [0.25, 0.3) is 0 Å². The summed E-state index contributed by atoms with van der Waals surface area (Å²) < 4.78 is 4.93. The van der Waals surface area contributed by atoms with Crippen molar-refractivity contribution in [3.8, 4) is 0 Å². The number of nitrogens with one attached hydrogen (secondary N) is 1. The Bertz CT molecular complexity index is 320. The largest absolute Gasteiger partial charge is 0.450 e. The van der Waals surface area contributed by atoms with Gasteiger partial charge in [-0.1, -0.05) is 26.7 Å². The highest BCUT2D eigenvalue weighted by Gasteiger charge is 2.30. The molecule has 0 aromatic carbocycles. The van der Waals surface area contributed by atoms with Crippen LogP contribution < -0.4 is 5.32 Å². The Hall–Kier alpha value is -1.26. The van der Waals surface area contributed by atoms with E-state index >= 15 is 0 Å². The first-order valence-electron chi connectivity index (χ1n) is 7.81. The predicted octanol–water partition coefficient (Wildman–Crippen LogP) is 2.55. The molecule has 1 rings (SSSR count). The van der Waals surface area contributed by atoms with E-state index in [1.165, 1.54) is 6.42 Å². The maximum absolute atomic E-state index is 11.9. The van der Waals surface area contributed by atoms with Crippen LogP contribution >= 0.6 is 0 Å². The van der Waals surface area contributed by atoms with Crippen LogP contribution in [0.15, 0.2) is 0 Å². The summed E-state index contributed by atoms with van der Waals surface area (Å²) in [5, 5.41) is 2.88. The van der Waals surface area contributed by atoms with Crippen LogP contribution in [-0.4, -0.2) is 42.6 Å². The topological polar surface area (TPSA) is 58.6 Å². The molecule has 1 saturated heterocycles. The number of nitrogens with zero attached hydrogens (tertiary/aromatic N) is 1. The third kappa shape index (κ3) is 5.39. The van der Waals surface area contributed by atoms with Crippen molar-refractivity contribution in [2.24, 2.45) is 5.92 Å². The van der Waals surface area contributed by atoms with Gasteiger partial charge in [-0.3, -0.25) is 4.79 Å². The van der Waals surface area contributed by atoms with Gasteiger partial charge in [0.2, 0.25) is 5.91 Å². The first-order valence-corrected chi connectivity index (χ1v) is 7.81. The molecule has 0 aliphatic carbocycles. The van der Waals surface area contributed by atoms with Crippen molar-refractivity contribution in [3.05, 3.63) is 0 Å². The smallest absolute Gasteiger partial charge is 0.407 e. The molecule has 0 radical (unpaired) electrons. The highest BCUT2D eigenvalue weighted by atomic mass is 16.5. The number of likely N-dealkylation sites (tertiary alicyclic amines) is 1. The third-order valence-corrected chi connectivity index (χ3v) is 3.76. The number of carbonyl (C=O) groups excluding carboxylic acids is 2. The number of rotatable bonds is 6. The van der Waals surface area contributed by atoms with Crippen LogP contribution in [-0.2, 0) is 9.53 Å². The molecule has 1 aliphatic rings. The molecule has 2 unspecified atom stereocenters. The van der Waals surface area contributed by atoms with Crippen LogP contribution in [0.3, 0.4) is 0 Å². The lowest BCUT2D eigenvalue weighted by molar-refractivity contribution is -0.133. The van der Waals surface area contributed by atoms with Crippen LogP contribution in [0.1, 0.15) is 52.9 Å². The molecule has 0 aromatic rings. The SMILES string of the molecule is CCCCC1CC(NC(=O)OCC)CN(C(=O)CC)C1. The van der Waals surface area contributed by atoms with E-state index in [-0.39, 0.29) is 18.0 Å². The van der Waals surface area contributed by atoms with E-state index in [0.29, 0.717) is 25.5 Å². The zero-order chi connectivity index (χ0) is 15.0. The normalized spacial score (nSPS) is 22.4. The Labute approximate surface area is 122 Å². The summed E-state index contributed by atoms with van der Waals surface area (Å²) in [5.41, 5.74) is 0. The first kappa shape index (κ1) is 16.8. The molecule has 5 nitrogen and oxygen atoms in total. The molecular weight excluding hydrogens is 256 g/mol. The van der Waals surface area contributed by atoms with Gasteiger partial charge in [-0.25, -0.2) is 4.79 Å². The van der Waals surface area contributed by atoms with E-state index in [0.717, 1.165) is 25.8 Å². The zero-order valence-corrected chi connectivity index (χ0v) is 13.0. The average Bonchev–Trinajstić information content (AvgIpc) is 2.44. The van der Waals surface area contributed by atoms with Gasteiger partial charge in [0.05, 0.1) is 12.6 Å². The highest BCUT2D eigenvalue weighted by Crippen LogP contribution is 2.22. The second-order valence-electron chi connectivity index (χ2n) is 5.46. The Balaban J connectivity index is 2.58. The maximum atomic E-state index is 11.9. The molecule has 1 heterocycles. The quantitative estimate of drug-likeness (QED) is 0.815. The summed E-state index contributed by atoms with van der Waals surface area (Å²) in [6, 6.07) is 0.0140. The molecule has 20 heavy (non-hydrogen) atoms. The van der Waals surface area contributed by atoms with Crippen molar-refractivity contribution in [2.45, 2.75) is 58.9 Å². The van der Waals surface area contributed by atoms with Gasteiger partial charge in [-0.2, -0.15) is 0 Å². The summed E-state index contributed by atoms with van der Waals surface area (Å²) >= 11 is 0. The van der Waals surface area contributed by atoms with E-state index < -0.39 is 0 Å². The first-order chi connectivity index (χ1) is 9.60. The summed E-state index contributed by atoms with van der Waals surface area (Å²) in [7, 11) is 0. The number of ether oxygens (including phenoxy) is 1. The number of hydrogen-bond donors (Lipinski definition) is 1. The highest BCUT2D eigenvalue weighted by molar-refractivity contribution is 5.76. The van der Waals surface area contributed by atoms with Gasteiger partial charge in [0.15, 0.2) is 0 Å². The number of hydrogen-bond acceptors (Lipinski definition) is 3. The molecule has 2 atom stereocenters. The molecular formula is C15H28N2O3. The van der Waals surface area contributed by atoms with Gasteiger partial charge in [0.1, 0.15) is 0 Å². The van der Waals surface area contributed by atoms with Gasteiger partial charge >= 0.3 is 6.09 Å². The lowest BCUT2D eigenvalue weighted by atomic mass is 9.90. The lowest BCUT2D eigenvalue weighted by Crippen LogP contribution is -2.52. The van der Waals surface area contributed by atoms with Crippen molar-refractivity contribution in [3.63, 3.8) is 0 Å². The summed E-state index contributed by atoms with van der Waals surface area (Å²) in [4.78, 5) is 25.4. The second kappa shape index (κ2) is 8.82. The van der Waals surface area contributed by atoms with Crippen molar-refractivity contribution in [1.29, 1.82) is 0 Å². The fourth-order valence-corrected chi connectivity index (χ4v) is 2.78. The van der Waals surface area contributed by atoms with Crippen molar-refractivity contribution in [2.75, 3.05) is 19.7 Å². The number of piperidine rings is 1. The average molecular weight is 284 g/mol. The fraction of sp³-hybridized carbons (Fsp3) is 0.867. The minimum Gasteiger partial charge on any atom is -0.450 e. The van der Waals surface area contributed by atoms with E-state index in [2.05, 4.69) is 12.2 Å². The number of alkyl carbamates (subject to hydrolysis) is 1. The van der Waals surface area contributed by atoms with E-state index in [9.17, 15) is 9.59 Å². The van der Waals surface area contributed by atoms with Crippen LogP contribution in [0.25, 0.3) is 0 Å². The Morgan fingerprint density at radius 1 is 1.25 bits per heavy atom. The van der Waals surface area contributed by atoms with Crippen molar-refractivity contribution >= 4 is 12.0 Å². The van der Waals surface area contributed by atoms with Crippen LogP contribution in [0.4, 0.5) is 4.79 Å².